The van der Waals surface area contributed by atoms with Crippen LogP contribution in [0.1, 0.15) is 24.8 Å². The Morgan fingerprint density at radius 2 is 2.14 bits per heavy atom. The Balaban J connectivity index is 1.36. The average molecular weight is 309 g/mol. The first-order valence-corrected chi connectivity index (χ1v) is 7.95. The summed E-state index contributed by atoms with van der Waals surface area (Å²) in [5, 5.41) is 3.73. The fourth-order valence-corrected chi connectivity index (χ4v) is 3.01. The second-order valence-corrected chi connectivity index (χ2v) is 6.27. The first-order valence-electron chi connectivity index (χ1n) is 7.57. The van der Waals surface area contributed by atoms with E-state index in [1.54, 1.807) is 0 Å². The van der Waals surface area contributed by atoms with Crippen LogP contribution in [0, 0.1) is 0 Å². The number of hydrogen-bond acceptors (Lipinski definition) is 3. The predicted molar refractivity (Wildman–Crippen MR) is 82.3 cm³/mol. The van der Waals surface area contributed by atoms with Crippen molar-refractivity contribution in [2.75, 3.05) is 19.7 Å². The Morgan fingerprint density at radius 1 is 1.33 bits per heavy atom. The van der Waals surface area contributed by atoms with Gasteiger partial charge in [0.25, 0.3) is 0 Å². The molecule has 0 radical (unpaired) electrons. The number of ether oxygens (including phenoxy) is 1. The molecule has 1 aliphatic carbocycles. The largest absolute Gasteiger partial charge is 0.367 e. The van der Waals surface area contributed by atoms with Crippen LogP contribution in [0.3, 0.4) is 0 Å². The second kappa shape index (κ2) is 6.77. The molecule has 1 saturated heterocycles. The first-order chi connectivity index (χ1) is 10.2. The van der Waals surface area contributed by atoms with Gasteiger partial charge >= 0.3 is 0 Å². The summed E-state index contributed by atoms with van der Waals surface area (Å²) in [5.74, 6) is -0.0373. The molecule has 1 aliphatic heterocycles. The zero-order valence-corrected chi connectivity index (χ0v) is 12.8. The molecule has 2 fully saturated rings. The maximum absolute atomic E-state index is 11.9. The number of likely N-dealkylation sites (tertiary alicyclic amines) is 1. The molecule has 1 aromatic carbocycles. The summed E-state index contributed by atoms with van der Waals surface area (Å²) in [6.45, 7) is 2.55. The summed E-state index contributed by atoms with van der Waals surface area (Å²) in [5.41, 5.74) is 0.910. The third-order valence-corrected chi connectivity index (χ3v) is 4.47. The highest BCUT2D eigenvalue weighted by Crippen LogP contribution is 2.29. The molecule has 5 heteroatoms. The van der Waals surface area contributed by atoms with Crippen molar-refractivity contribution >= 4 is 17.5 Å². The zero-order chi connectivity index (χ0) is 14.7. The standard InChI is InChI=1S/C16H21ClN2O2/c17-15-4-2-1-3-12(15)10-21-11-16(20)18-13-7-8-19(9-13)14-5-6-14/h1-4,13-14H,5-11H2,(H,18,20)/t13-/m1/s1. The highest BCUT2D eigenvalue weighted by atomic mass is 35.5. The van der Waals surface area contributed by atoms with E-state index in [9.17, 15) is 4.79 Å². The molecule has 21 heavy (non-hydrogen) atoms. The molecular weight excluding hydrogens is 288 g/mol. The van der Waals surface area contributed by atoms with E-state index < -0.39 is 0 Å². The third-order valence-electron chi connectivity index (χ3n) is 4.10. The summed E-state index contributed by atoms with van der Waals surface area (Å²) < 4.78 is 5.45. The quantitative estimate of drug-likeness (QED) is 0.876. The van der Waals surface area contributed by atoms with Crippen molar-refractivity contribution in [1.82, 2.24) is 10.2 Å². The van der Waals surface area contributed by atoms with Crippen LogP contribution in [0.15, 0.2) is 24.3 Å². The van der Waals surface area contributed by atoms with Gasteiger partial charge in [-0.25, -0.2) is 0 Å². The molecule has 3 rings (SSSR count). The third kappa shape index (κ3) is 4.19. The molecule has 1 heterocycles. The van der Waals surface area contributed by atoms with E-state index in [2.05, 4.69) is 10.2 Å². The second-order valence-electron chi connectivity index (χ2n) is 5.86. The number of nitrogens with zero attached hydrogens (tertiary/aromatic N) is 1. The van der Waals surface area contributed by atoms with Gasteiger partial charge in [0.05, 0.1) is 6.61 Å². The van der Waals surface area contributed by atoms with Gasteiger partial charge in [-0.2, -0.15) is 0 Å². The van der Waals surface area contributed by atoms with E-state index >= 15 is 0 Å². The molecule has 0 bridgehead atoms. The van der Waals surface area contributed by atoms with E-state index in [0.29, 0.717) is 11.6 Å². The van der Waals surface area contributed by atoms with Gasteiger partial charge in [0.15, 0.2) is 0 Å². The highest BCUT2D eigenvalue weighted by molar-refractivity contribution is 6.31. The lowest BCUT2D eigenvalue weighted by atomic mass is 10.2. The van der Waals surface area contributed by atoms with Gasteiger partial charge in [0, 0.05) is 30.2 Å². The van der Waals surface area contributed by atoms with Crippen molar-refractivity contribution in [2.45, 2.75) is 38.0 Å². The Bertz CT molecular complexity index is 505. The highest BCUT2D eigenvalue weighted by Gasteiger charge is 2.34. The minimum absolute atomic E-state index is 0.0373. The Morgan fingerprint density at radius 3 is 2.90 bits per heavy atom. The van der Waals surface area contributed by atoms with E-state index in [1.807, 2.05) is 24.3 Å². The zero-order valence-electron chi connectivity index (χ0n) is 12.1. The maximum Gasteiger partial charge on any atom is 0.246 e. The van der Waals surface area contributed by atoms with Crippen LogP contribution >= 0.6 is 11.6 Å². The van der Waals surface area contributed by atoms with Crippen LogP contribution < -0.4 is 5.32 Å². The smallest absolute Gasteiger partial charge is 0.246 e. The number of hydrogen-bond donors (Lipinski definition) is 1. The van der Waals surface area contributed by atoms with Gasteiger partial charge < -0.3 is 10.1 Å². The summed E-state index contributed by atoms with van der Waals surface area (Å²) in [6, 6.07) is 8.58. The Kier molecular flexibility index (Phi) is 4.78. The van der Waals surface area contributed by atoms with Crippen molar-refractivity contribution < 1.29 is 9.53 Å². The molecule has 0 unspecified atom stereocenters. The van der Waals surface area contributed by atoms with Crippen molar-refractivity contribution in [3.8, 4) is 0 Å². The molecule has 0 spiro atoms. The van der Waals surface area contributed by atoms with Gasteiger partial charge in [-0.05, 0) is 30.9 Å². The molecule has 1 aromatic rings. The number of halogens is 1. The van der Waals surface area contributed by atoms with Crippen molar-refractivity contribution in [3.05, 3.63) is 34.9 Å². The van der Waals surface area contributed by atoms with E-state index in [1.165, 1.54) is 12.8 Å². The predicted octanol–water partition coefficient (Wildman–Crippen LogP) is 2.21. The van der Waals surface area contributed by atoms with Gasteiger partial charge in [-0.15, -0.1) is 0 Å². The van der Waals surface area contributed by atoms with Crippen molar-refractivity contribution in [3.63, 3.8) is 0 Å². The molecule has 0 aromatic heterocycles. The van der Waals surface area contributed by atoms with Gasteiger partial charge in [0.1, 0.15) is 6.61 Å². The lowest BCUT2D eigenvalue weighted by Gasteiger charge is -2.15. The van der Waals surface area contributed by atoms with Crippen LogP contribution in [-0.2, 0) is 16.1 Å². The van der Waals surface area contributed by atoms with Crippen LogP contribution in [0.5, 0.6) is 0 Å². The van der Waals surface area contributed by atoms with Crippen LogP contribution in [-0.4, -0.2) is 42.6 Å². The molecule has 4 nitrogen and oxygen atoms in total. The number of nitrogens with one attached hydrogen (secondary N) is 1. The lowest BCUT2D eigenvalue weighted by Crippen LogP contribution is -2.39. The first kappa shape index (κ1) is 14.8. The number of rotatable bonds is 6. The van der Waals surface area contributed by atoms with E-state index in [0.717, 1.165) is 31.1 Å². The molecule has 1 N–H and O–H groups in total. The van der Waals surface area contributed by atoms with Gasteiger partial charge in [0.2, 0.25) is 5.91 Å². The summed E-state index contributed by atoms with van der Waals surface area (Å²) >= 11 is 6.04. The number of carbonyl (C=O) groups excluding carboxylic acids is 1. The molecule has 1 atom stereocenters. The minimum Gasteiger partial charge on any atom is -0.367 e. The number of carbonyl (C=O) groups is 1. The molecular formula is C16H21ClN2O2. The summed E-state index contributed by atoms with van der Waals surface area (Å²) in [4.78, 5) is 14.4. The summed E-state index contributed by atoms with van der Waals surface area (Å²) in [6.07, 6.45) is 3.69. The van der Waals surface area contributed by atoms with Crippen LogP contribution in [0.25, 0.3) is 0 Å². The van der Waals surface area contributed by atoms with Gasteiger partial charge in [-0.3, -0.25) is 9.69 Å². The van der Waals surface area contributed by atoms with Crippen LogP contribution in [0.2, 0.25) is 5.02 Å². The van der Waals surface area contributed by atoms with Crippen LogP contribution in [0.4, 0.5) is 0 Å². The fourth-order valence-electron chi connectivity index (χ4n) is 2.81. The Labute approximate surface area is 130 Å². The monoisotopic (exact) mass is 308 g/mol. The van der Waals surface area contributed by atoms with Gasteiger partial charge in [-0.1, -0.05) is 29.8 Å². The number of benzene rings is 1. The lowest BCUT2D eigenvalue weighted by molar-refractivity contribution is -0.126. The molecule has 1 amide bonds. The maximum atomic E-state index is 11.9. The SMILES string of the molecule is O=C(COCc1ccccc1Cl)N[C@@H]1CCN(C2CC2)C1. The molecule has 1 saturated carbocycles. The number of amides is 1. The average Bonchev–Trinajstić information content (AvgIpc) is 3.22. The Hall–Kier alpha value is -1.10. The molecule has 2 aliphatic rings. The van der Waals surface area contributed by atoms with Crippen molar-refractivity contribution in [2.24, 2.45) is 0 Å². The fraction of sp³-hybridized carbons (Fsp3) is 0.562. The topological polar surface area (TPSA) is 41.6 Å². The van der Waals surface area contributed by atoms with E-state index in [-0.39, 0.29) is 18.6 Å². The molecule has 114 valence electrons. The normalized spacial score (nSPS) is 22.4. The summed E-state index contributed by atoms with van der Waals surface area (Å²) in [7, 11) is 0. The van der Waals surface area contributed by atoms with Crippen molar-refractivity contribution in [1.29, 1.82) is 0 Å². The minimum atomic E-state index is -0.0373. The van der Waals surface area contributed by atoms with E-state index in [4.69, 9.17) is 16.3 Å².